The molecule has 14 heavy (non-hydrogen) atoms. The predicted octanol–water partition coefficient (Wildman–Crippen LogP) is 2.90. The van der Waals surface area contributed by atoms with Crippen molar-refractivity contribution in [2.45, 2.75) is 58.3 Å². The van der Waals surface area contributed by atoms with Crippen LogP contribution in [-0.4, -0.2) is 11.6 Å². The van der Waals surface area contributed by atoms with Gasteiger partial charge < -0.3 is 4.79 Å². The molecule has 2 nitrogen and oxygen atoms in total. The van der Waals surface area contributed by atoms with Crippen molar-refractivity contribution in [2.24, 2.45) is 5.92 Å². The Hall–Kier alpha value is -0.660. The quantitative estimate of drug-likeness (QED) is 0.677. The van der Waals surface area contributed by atoms with Gasteiger partial charge in [0.25, 0.3) is 0 Å². The average molecular weight is 196 g/mol. The van der Waals surface area contributed by atoms with Crippen molar-refractivity contribution in [3.63, 3.8) is 0 Å². The Morgan fingerprint density at radius 3 is 2.29 bits per heavy atom. The summed E-state index contributed by atoms with van der Waals surface area (Å²) in [6, 6.07) is 0. The maximum absolute atomic E-state index is 11.7. The number of carbonyl (C=O) groups excluding carboxylic acids is 2. The van der Waals surface area contributed by atoms with Crippen molar-refractivity contribution in [3.05, 3.63) is 0 Å². The van der Waals surface area contributed by atoms with E-state index in [0.29, 0.717) is 24.5 Å². The van der Waals surface area contributed by atoms with Crippen LogP contribution in [-0.2, 0) is 9.59 Å². The minimum atomic E-state index is 0.196. The summed E-state index contributed by atoms with van der Waals surface area (Å²) in [5.41, 5.74) is 0. The van der Waals surface area contributed by atoms with Gasteiger partial charge in [0.2, 0.25) is 0 Å². The largest absolute Gasteiger partial charge is 0.300 e. The highest BCUT2D eigenvalue weighted by Gasteiger charge is 2.20. The van der Waals surface area contributed by atoms with Gasteiger partial charge in [-0.2, -0.15) is 0 Å². The van der Waals surface area contributed by atoms with Gasteiger partial charge >= 0.3 is 0 Å². The third-order valence-corrected chi connectivity index (χ3v) is 3.01. The lowest BCUT2D eigenvalue weighted by Crippen LogP contribution is -2.17. The Kier molecular flexibility index (Phi) is 4.85. The third-order valence-electron chi connectivity index (χ3n) is 3.01. The highest BCUT2D eigenvalue weighted by Crippen LogP contribution is 2.25. The highest BCUT2D eigenvalue weighted by atomic mass is 16.1. The summed E-state index contributed by atoms with van der Waals surface area (Å²) in [4.78, 5) is 22.4. The molecule has 0 aromatic rings. The van der Waals surface area contributed by atoms with Crippen LogP contribution < -0.4 is 0 Å². The van der Waals surface area contributed by atoms with Crippen molar-refractivity contribution < 1.29 is 9.59 Å². The Bertz CT molecular complexity index is 202. The summed E-state index contributed by atoms with van der Waals surface area (Å²) in [5.74, 6) is 0.906. The monoisotopic (exact) mass is 196 g/mol. The van der Waals surface area contributed by atoms with E-state index in [0.717, 1.165) is 19.3 Å². The lowest BCUT2D eigenvalue weighted by molar-refractivity contribution is -0.124. The molecule has 1 saturated carbocycles. The molecule has 0 unspecified atom stereocenters. The standard InChI is InChI=1S/C12H20O2/c1-10(13)6-5-9-12(14)11-7-3-2-4-8-11/h11H,2-9H2,1H3. The van der Waals surface area contributed by atoms with Crippen LogP contribution in [0.2, 0.25) is 0 Å². The topological polar surface area (TPSA) is 34.1 Å². The van der Waals surface area contributed by atoms with Gasteiger partial charge in [-0.3, -0.25) is 4.79 Å². The molecule has 0 spiro atoms. The first kappa shape index (κ1) is 11.4. The first-order chi connectivity index (χ1) is 6.70. The molecule has 0 aromatic heterocycles. The molecule has 0 saturated heterocycles. The third kappa shape index (κ3) is 4.03. The second kappa shape index (κ2) is 5.94. The van der Waals surface area contributed by atoms with Crippen molar-refractivity contribution >= 4 is 11.6 Å². The molecule has 0 N–H and O–H groups in total. The van der Waals surface area contributed by atoms with Gasteiger partial charge in [-0.15, -0.1) is 0 Å². The van der Waals surface area contributed by atoms with Crippen LogP contribution in [0.15, 0.2) is 0 Å². The van der Waals surface area contributed by atoms with Gasteiger partial charge in [0.15, 0.2) is 0 Å². The maximum Gasteiger partial charge on any atom is 0.135 e. The van der Waals surface area contributed by atoms with Crippen LogP contribution >= 0.6 is 0 Å². The first-order valence-electron chi connectivity index (χ1n) is 5.72. The Balaban J connectivity index is 2.16. The summed E-state index contributed by atoms with van der Waals surface area (Å²) in [7, 11) is 0. The summed E-state index contributed by atoms with van der Waals surface area (Å²) < 4.78 is 0. The minimum absolute atomic E-state index is 0.196. The molecule has 1 aliphatic rings. The predicted molar refractivity (Wildman–Crippen MR) is 56.1 cm³/mol. The number of hydrogen-bond donors (Lipinski definition) is 0. The maximum atomic E-state index is 11.7. The summed E-state index contributed by atoms with van der Waals surface area (Å²) in [6.45, 7) is 1.59. The number of rotatable bonds is 5. The molecular formula is C12H20O2. The molecule has 0 aromatic carbocycles. The second-order valence-electron chi connectivity index (χ2n) is 4.36. The van der Waals surface area contributed by atoms with Crippen molar-refractivity contribution in [1.29, 1.82) is 0 Å². The Morgan fingerprint density at radius 2 is 1.71 bits per heavy atom. The zero-order chi connectivity index (χ0) is 10.4. The lowest BCUT2D eigenvalue weighted by atomic mass is 9.84. The summed E-state index contributed by atoms with van der Waals surface area (Å²) in [5, 5.41) is 0. The van der Waals surface area contributed by atoms with E-state index in [1.807, 2.05) is 0 Å². The van der Waals surface area contributed by atoms with E-state index >= 15 is 0 Å². The van der Waals surface area contributed by atoms with Crippen LogP contribution in [0.25, 0.3) is 0 Å². The fourth-order valence-corrected chi connectivity index (χ4v) is 2.14. The fraction of sp³-hybridized carbons (Fsp3) is 0.833. The van der Waals surface area contributed by atoms with Crippen LogP contribution in [0, 0.1) is 5.92 Å². The van der Waals surface area contributed by atoms with Crippen LogP contribution in [0.3, 0.4) is 0 Å². The number of carbonyl (C=O) groups is 2. The molecule has 1 aliphatic carbocycles. The van der Waals surface area contributed by atoms with E-state index in [9.17, 15) is 9.59 Å². The Morgan fingerprint density at radius 1 is 1.07 bits per heavy atom. The van der Waals surface area contributed by atoms with Crippen LogP contribution in [0.5, 0.6) is 0 Å². The molecule has 80 valence electrons. The molecule has 1 fully saturated rings. The van der Waals surface area contributed by atoms with Crippen molar-refractivity contribution in [2.75, 3.05) is 0 Å². The van der Waals surface area contributed by atoms with Gasteiger partial charge in [0.1, 0.15) is 11.6 Å². The normalized spacial score (nSPS) is 18.1. The zero-order valence-corrected chi connectivity index (χ0v) is 9.05. The van der Waals surface area contributed by atoms with E-state index in [1.54, 1.807) is 6.92 Å². The lowest BCUT2D eigenvalue weighted by Gasteiger charge is -2.19. The van der Waals surface area contributed by atoms with E-state index < -0.39 is 0 Å². The molecule has 0 amide bonds. The van der Waals surface area contributed by atoms with E-state index in [2.05, 4.69) is 0 Å². The molecule has 0 aliphatic heterocycles. The van der Waals surface area contributed by atoms with E-state index in [-0.39, 0.29) is 5.78 Å². The van der Waals surface area contributed by atoms with Gasteiger partial charge in [0.05, 0.1) is 0 Å². The molecule has 0 heterocycles. The Labute approximate surface area is 86.1 Å². The molecule has 0 atom stereocenters. The second-order valence-corrected chi connectivity index (χ2v) is 4.36. The first-order valence-corrected chi connectivity index (χ1v) is 5.72. The van der Waals surface area contributed by atoms with Crippen LogP contribution in [0.4, 0.5) is 0 Å². The van der Waals surface area contributed by atoms with Gasteiger partial charge in [-0.25, -0.2) is 0 Å². The van der Waals surface area contributed by atoms with E-state index in [4.69, 9.17) is 0 Å². The summed E-state index contributed by atoms with van der Waals surface area (Å²) in [6.07, 6.45) is 7.81. The van der Waals surface area contributed by atoms with Gasteiger partial charge in [-0.1, -0.05) is 19.3 Å². The summed E-state index contributed by atoms with van der Waals surface area (Å²) >= 11 is 0. The van der Waals surface area contributed by atoms with Crippen molar-refractivity contribution in [3.8, 4) is 0 Å². The zero-order valence-electron chi connectivity index (χ0n) is 9.05. The van der Waals surface area contributed by atoms with Crippen molar-refractivity contribution in [1.82, 2.24) is 0 Å². The van der Waals surface area contributed by atoms with Gasteiger partial charge in [-0.05, 0) is 26.2 Å². The van der Waals surface area contributed by atoms with E-state index in [1.165, 1.54) is 19.3 Å². The van der Waals surface area contributed by atoms with Gasteiger partial charge in [0, 0.05) is 18.8 Å². The fourth-order valence-electron chi connectivity index (χ4n) is 2.14. The molecule has 1 rings (SSSR count). The molecular weight excluding hydrogens is 176 g/mol. The number of hydrogen-bond acceptors (Lipinski definition) is 2. The molecule has 0 bridgehead atoms. The smallest absolute Gasteiger partial charge is 0.135 e. The SMILES string of the molecule is CC(=O)CCCC(=O)C1CCCCC1. The molecule has 2 heteroatoms. The minimum Gasteiger partial charge on any atom is -0.300 e. The molecule has 0 radical (unpaired) electrons. The average Bonchev–Trinajstić information content (AvgIpc) is 2.18. The number of Topliss-reactive ketones (excluding diaryl/α,β-unsaturated/α-hetero) is 2. The van der Waals surface area contributed by atoms with Crippen LogP contribution in [0.1, 0.15) is 58.3 Å². The number of ketones is 2. The highest BCUT2D eigenvalue weighted by molar-refractivity contribution is 5.82.